The predicted molar refractivity (Wildman–Crippen MR) is 69.3 cm³/mol. The van der Waals surface area contributed by atoms with Gasteiger partial charge in [0, 0.05) is 0 Å². The summed E-state index contributed by atoms with van der Waals surface area (Å²) in [5.74, 6) is -2.23. The van der Waals surface area contributed by atoms with Gasteiger partial charge in [-0.25, -0.2) is 4.79 Å². The van der Waals surface area contributed by atoms with Gasteiger partial charge in [0.25, 0.3) is 5.91 Å². The summed E-state index contributed by atoms with van der Waals surface area (Å²) in [6, 6.07) is 0.118. The molecule has 0 bridgehead atoms. The molecule has 20 heavy (non-hydrogen) atoms. The molecule has 0 fully saturated rings. The number of allylic oxidation sites excluding steroid dienone is 1. The maximum atomic E-state index is 12.1. The van der Waals surface area contributed by atoms with E-state index in [4.69, 9.17) is 5.11 Å². The number of aliphatic carboxylic acids is 1. The lowest BCUT2D eigenvalue weighted by Crippen LogP contribution is -2.40. The fourth-order valence-electron chi connectivity index (χ4n) is 1.42. The van der Waals surface area contributed by atoms with Gasteiger partial charge in [-0.2, -0.15) is 8.78 Å². The van der Waals surface area contributed by atoms with Crippen LogP contribution >= 0.6 is 11.3 Å². The van der Waals surface area contributed by atoms with E-state index in [1.165, 1.54) is 17.5 Å². The van der Waals surface area contributed by atoms with Crippen LogP contribution in [0.5, 0.6) is 5.75 Å². The molecule has 1 unspecified atom stereocenters. The van der Waals surface area contributed by atoms with Crippen molar-refractivity contribution < 1.29 is 28.2 Å². The van der Waals surface area contributed by atoms with E-state index in [0.29, 0.717) is 6.42 Å². The first kappa shape index (κ1) is 16.1. The average Bonchev–Trinajstić information content (AvgIpc) is 2.81. The van der Waals surface area contributed by atoms with Gasteiger partial charge in [-0.3, -0.25) is 4.79 Å². The first-order chi connectivity index (χ1) is 9.45. The maximum Gasteiger partial charge on any atom is 0.387 e. The summed E-state index contributed by atoms with van der Waals surface area (Å²) in [4.78, 5) is 22.8. The molecule has 1 heterocycles. The van der Waals surface area contributed by atoms with Gasteiger partial charge < -0.3 is 15.2 Å². The molecular formula is C12H13F2NO4S. The Labute approximate surface area is 117 Å². The molecule has 110 valence electrons. The number of thiophene rings is 1. The van der Waals surface area contributed by atoms with Crippen LogP contribution in [0.4, 0.5) is 8.78 Å². The molecule has 0 aliphatic rings. The number of hydrogen-bond donors (Lipinski definition) is 2. The minimum atomic E-state index is -3.05. The fraction of sp³-hybridized carbons (Fsp3) is 0.333. The van der Waals surface area contributed by atoms with Crippen LogP contribution in [-0.2, 0) is 4.79 Å². The predicted octanol–water partition coefficient (Wildman–Crippen LogP) is 2.50. The smallest absolute Gasteiger partial charge is 0.387 e. The van der Waals surface area contributed by atoms with Crippen molar-refractivity contribution in [2.45, 2.75) is 25.5 Å². The molecule has 0 saturated carbocycles. The second-order valence-corrected chi connectivity index (χ2v) is 4.64. The Hall–Kier alpha value is -1.96. The largest absolute Gasteiger partial charge is 0.480 e. The van der Waals surface area contributed by atoms with Gasteiger partial charge in [0.05, 0.1) is 0 Å². The number of nitrogens with one attached hydrogen (secondary N) is 1. The normalized spacial score (nSPS) is 11.9. The number of carboxylic acids is 1. The van der Waals surface area contributed by atoms with E-state index < -0.39 is 24.5 Å². The van der Waals surface area contributed by atoms with Gasteiger partial charge in [0.15, 0.2) is 0 Å². The highest BCUT2D eigenvalue weighted by atomic mass is 32.1. The topological polar surface area (TPSA) is 75.6 Å². The second-order valence-electron chi connectivity index (χ2n) is 3.72. The first-order valence-corrected chi connectivity index (χ1v) is 6.50. The van der Waals surface area contributed by atoms with E-state index in [9.17, 15) is 18.4 Å². The van der Waals surface area contributed by atoms with Crippen molar-refractivity contribution in [1.29, 1.82) is 0 Å². The molecule has 0 aliphatic heterocycles. The van der Waals surface area contributed by atoms with Crippen molar-refractivity contribution in [2.24, 2.45) is 0 Å². The Bertz CT molecular complexity index is 490. The fourth-order valence-corrected chi connectivity index (χ4v) is 2.14. The van der Waals surface area contributed by atoms with Gasteiger partial charge in [-0.05, 0) is 24.3 Å². The first-order valence-electron chi connectivity index (χ1n) is 5.62. The van der Waals surface area contributed by atoms with E-state index in [1.54, 1.807) is 0 Å². The van der Waals surface area contributed by atoms with Crippen LogP contribution in [0.1, 0.15) is 22.5 Å². The Kier molecular flexibility index (Phi) is 6.10. The van der Waals surface area contributed by atoms with Crippen LogP contribution in [-0.4, -0.2) is 29.6 Å². The van der Waals surface area contributed by atoms with Crippen LogP contribution < -0.4 is 10.1 Å². The molecular weight excluding hydrogens is 292 g/mol. The molecule has 5 nitrogen and oxygen atoms in total. The zero-order valence-corrected chi connectivity index (χ0v) is 11.2. The number of alkyl halides is 2. The van der Waals surface area contributed by atoms with Crippen LogP contribution in [0.15, 0.2) is 24.1 Å². The Morgan fingerprint density at radius 1 is 1.55 bits per heavy atom. The lowest BCUT2D eigenvalue weighted by Gasteiger charge is -2.13. The highest BCUT2D eigenvalue weighted by Gasteiger charge is 2.23. The number of rotatable bonds is 8. The number of carbonyl (C=O) groups is 2. The van der Waals surface area contributed by atoms with E-state index in [-0.39, 0.29) is 17.0 Å². The van der Waals surface area contributed by atoms with Crippen LogP contribution in [0.25, 0.3) is 0 Å². The number of carboxylic acid groups (broad SMARTS) is 1. The van der Waals surface area contributed by atoms with Crippen molar-refractivity contribution in [1.82, 2.24) is 5.32 Å². The number of hydrogen-bond acceptors (Lipinski definition) is 4. The monoisotopic (exact) mass is 305 g/mol. The number of ether oxygens (including phenoxy) is 1. The summed E-state index contributed by atoms with van der Waals surface area (Å²) in [5, 5.41) is 12.6. The molecule has 0 aliphatic carbocycles. The van der Waals surface area contributed by atoms with Gasteiger partial charge in [-0.1, -0.05) is 6.08 Å². The van der Waals surface area contributed by atoms with Crippen molar-refractivity contribution in [2.75, 3.05) is 0 Å². The van der Waals surface area contributed by atoms with Crippen molar-refractivity contribution >= 4 is 23.2 Å². The standard InChI is InChI=1S/C12H13F2NO4S/c1-2-3-4-7(11(17)18)15-10(16)9-8(5-6-20-9)19-12(13)14/h2,5-7,12H,1,3-4H2,(H,15,16)(H,17,18). The van der Waals surface area contributed by atoms with Gasteiger partial charge >= 0.3 is 12.6 Å². The SMILES string of the molecule is C=CCCC(NC(=O)c1sccc1OC(F)F)C(=O)O. The van der Waals surface area contributed by atoms with Crippen molar-refractivity contribution in [3.8, 4) is 5.75 Å². The Balaban J connectivity index is 2.76. The quantitative estimate of drug-likeness (QED) is 0.724. The second kappa shape index (κ2) is 7.59. The molecule has 0 saturated heterocycles. The molecule has 1 aromatic heterocycles. The zero-order chi connectivity index (χ0) is 15.1. The molecule has 1 atom stereocenters. The van der Waals surface area contributed by atoms with Gasteiger partial charge in [0.1, 0.15) is 16.7 Å². The van der Waals surface area contributed by atoms with Crippen LogP contribution in [0, 0.1) is 0 Å². The molecule has 1 amide bonds. The Morgan fingerprint density at radius 3 is 2.80 bits per heavy atom. The number of carbonyl (C=O) groups excluding carboxylic acids is 1. The maximum absolute atomic E-state index is 12.1. The van der Waals surface area contributed by atoms with E-state index >= 15 is 0 Å². The van der Waals surface area contributed by atoms with E-state index in [2.05, 4.69) is 16.6 Å². The lowest BCUT2D eigenvalue weighted by molar-refractivity contribution is -0.139. The van der Waals surface area contributed by atoms with Gasteiger partial charge in [0.2, 0.25) is 0 Å². The molecule has 2 N–H and O–H groups in total. The Morgan fingerprint density at radius 2 is 2.25 bits per heavy atom. The third-order valence-electron chi connectivity index (χ3n) is 2.31. The molecule has 0 aromatic carbocycles. The molecule has 0 spiro atoms. The zero-order valence-electron chi connectivity index (χ0n) is 10.3. The van der Waals surface area contributed by atoms with E-state index in [1.807, 2.05) is 0 Å². The lowest BCUT2D eigenvalue weighted by atomic mass is 10.1. The highest BCUT2D eigenvalue weighted by Crippen LogP contribution is 2.26. The molecule has 1 aromatic rings. The third kappa shape index (κ3) is 4.61. The van der Waals surface area contributed by atoms with Crippen LogP contribution in [0.3, 0.4) is 0 Å². The molecule has 0 radical (unpaired) electrons. The summed E-state index contributed by atoms with van der Waals surface area (Å²) < 4.78 is 28.5. The highest BCUT2D eigenvalue weighted by molar-refractivity contribution is 7.12. The minimum absolute atomic E-state index is 0.0878. The number of amides is 1. The van der Waals surface area contributed by atoms with Crippen LogP contribution in [0.2, 0.25) is 0 Å². The summed E-state index contributed by atoms with van der Waals surface area (Å²) in [6.07, 6.45) is 2.10. The molecule has 8 heteroatoms. The summed E-state index contributed by atoms with van der Waals surface area (Å²) >= 11 is 0.894. The van der Waals surface area contributed by atoms with Crippen molar-refractivity contribution in [3.05, 3.63) is 29.0 Å². The van der Waals surface area contributed by atoms with Gasteiger partial charge in [-0.15, -0.1) is 17.9 Å². The summed E-state index contributed by atoms with van der Waals surface area (Å²) in [7, 11) is 0. The molecule has 1 rings (SSSR count). The van der Waals surface area contributed by atoms with Crippen molar-refractivity contribution in [3.63, 3.8) is 0 Å². The van der Waals surface area contributed by atoms with E-state index in [0.717, 1.165) is 11.3 Å². The summed E-state index contributed by atoms with van der Waals surface area (Å²) in [6.45, 7) is 0.412. The number of halogens is 2. The third-order valence-corrected chi connectivity index (χ3v) is 3.21. The minimum Gasteiger partial charge on any atom is -0.480 e. The average molecular weight is 305 g/mol. The summed E-state index contributed by atoms with van der Waals surface area (Å²) in [5.41, 5.74) is 0.